The third-order valence-electron chi connectivity index (χ3n) is 1.70. The number of halogens is 1. The van der Waals surface area contributed by atoms with Gasteiger partial charge in [0.1, 0.15) is 0 Å². The average Bonchev–Trinajstić information content (AvgIpc) is 2.12. The van der Waals surface area contributed by atoms with Crippen molar-refractivity contribution in [1.82, 2.24) is 0 Å². The van der Waals surface area contributed by atoms with E-state index in [2.05, 4.69) is 0 Å². The predicted molar refractivity (Wildman–Crippen MR) is 56.5 cm³/mol. The number of rotatable bonds is 4. The van der Waals surface area contributed by atoms with Crippen LogP contribution in [0.3, 0.4) is 0 Å². The van der Waals surface area contributed by atoms with Gasteiger partial charge in [-0.3, -0.25) is 4.79 Å². The number of hydrogen-bond acceptors (Lipinski definition) is 1. The lowest BCUT2D eigenvalue weighted by atomic mass is 10.1. The summed E-state index contributed by atoms with van der Waals surface area (Å²) in [4.78, 5) is 10.2. The van der Waals surface area contributed by atoms with Crippen LogP contribution in [0.25, 0.3) is 0 Å². The number of benzene rings is 1. The Morgan fingerprint density at radius 2 is 2.21 bits per heavy atom. The Morgan fingerprint density at radius 1 is 1.43 bits per heavy atom. The molecule has 1 N–H and O–H groups in total. The van der Waals surface area contributed by atoms with Crippen LogP contribution in [0.1, 0.15) is 12.0 Å². The maximum absolute atomic E-state index is 10.2. The van der Waals surface area contributed by atoms with Gasteiger partial charge in [-0.05, 0) is 24.1 Å². The molecule has 1 aromatic carbocycles. The predicted octanol–water partition coefficient (Wildman–Crippen LogP) is 2.91. The minimum atomic E-state index is -0.813. The molecule has 3 heteroatoms. The van der Waals surface area contributed by atoms with Crippen LogP contribution in [-0.4, -0.2) is 11.1 Å². The molecule has 0 aliphatic rings. The van der Waals surface area contributed by atoms with Crippen LogP contribution in [0.2, 0.25) is 5.02 Å². The molecule has 0 saturated carbocycles. The van der Waals surface area contributed by atoms with Crippen molar-refractivity contribution in [2.45, 2.75) is 12.8 Å². The van der Waals surface area contributed by atoms with E-state index in [1.807, 2.05) is 30.3 Å². The molecule has 1 rings (SSSR count). The van der Waals surface area contributed by atoms with E-state index in [1.165, 1.54) is 0 Å². The zero-order chi connectivity index (χ0) is 10.4. The highest BCUT2D eigenvalue weighted by Gasteiger charge is 1.92. The number of carboxylic acid groups (broad SMARTS) is 1. The van der Waals surface area contributed by atoms with Gasteiger partial charge in [-0.2, -0.15) is 0 Å². The molecule has 0 fully saturated rings. The first-order chi connectivity index (χ1) is 6.68. The third kappa shape index (κ3) is 4.10. The van der Waals surface area contributed by atoms with Crippen LogP contribution in [0.15, 0.2) is 36.4 Å². The molecule has 0 unspecified atom stereocenters. The fourth-order valence-electron chi connectivity index (χ4n) is 1.07. The Kier molecular flexibility index (Phi) is 4.20. The van der Waals surface area contributed by atoms with Gasteiger partial charge in [0.25, 0.3) is 0 Å². The fraction of sp³-hybridized carbons (Fsp3) is 0.182. The summed E-state index contributed by atoms with van der Waals surface area (Å²) in [6.07, 6.45) is 4.26. The first kappa shape index (κ1) is 10.8. The summed E-state index contributed by atoms with van der Waals surface area (Å²) in [5.74, 6) is -0.813. The molecule has 0 saturated heterocycles. The molecule has 0 radical (unpaired) electrons. The summed E-state index contributed by atoms with van der Waals surface area (Å²) < 4.78 is 0. The number of allylic oxidation sites excluding steroid dienone is 1. The Balaban J connectivity index is 2.45. The normalized spacial score (nSPS) is 10.6. The molecule has 0 spiro atoms. The quantitative estimate of drug-likeness (QED) is 0.776. The largest absolute Gasteiger partial charge is 0.481 e. The highest BCUT2D eigenvalue weighted by Crippen LogP contribution is 2.11. The molecule has 0 aliphatic heterocycles. The number of aliphatic carboxylic acids is 1. The molecule has 0 atom stereocenters. The Hall–Kier alpha value is -1.28. The smallest absolute Gasteiger partial charge is 0.307 e. The van der Waals surface area contributed by atoms with Crippen molar-refractivity contribution in [3.05, 3.63) is 47.0 Å². The van der Waals surface area contributed by atoms with E-state index >= 15 is 0 Å². The van der Waals surface area contributed by atoms with E-state index in [1.54, 1.807) is 6.08 Å². The molecular weight excluding hydrogens is 200 g/mol. The first-order valence-corrected chi connectivity index (χ1v) is 4.67. The minimum Gasteiger partial charge on any atom is -0.481 e. The van der Waals surface area contributed by atoms with Crippen LogP contribution >= 0.6 is 11.6 Å². The van der Waals surface area contributed by atoms with Crippen molar-refractivity contribution in [1.29, 1.82) is 0 Å². The summed E-state index contributed by atoms with van der Waals surface area (Å²) in [5, 5.41) is 9.09. The summed E-state index contributed by atoms with van der Waals surface area (Å²) in [7, 11) is 0. The second-order valence-corrected chi connectivity index (χ2v) is 3.34. The van der Waals surface area contributed by atoms with Crippen LogP contribution in [-0.2, 0) is 11.2 Å². The van der Waals surface area contributed by atoms with Gasteiger partial charge in [0.05, 0.1) is 6.42 Å². The highest BCUT2D eigenvalue weighted by molar-refractivity contribution is 6.30. The van der Waals surface area contributed by atoms with Crippen molar-refractivity contribution in [3.8, 4) is 0 Å². The Morgan fingerprint density at radius 3 is 2.86 bits per heavy atom. The van der Waals surface area contributed by atoms with Gasteiger partial charge >= 0.3 is 5.97 Å². The Labute approximate surface area is 87.8 Å². The number of hydrogen-bond donors (Lipinski definition) is 1. The van der Waals surface area contributed by atoms with Crippen LogP contribution in [0.4, 0.5) is 0 Å². The maximum Gasteiger partial charge on any atom is 0.307 e. The molecule has 1 aromatic rings. The molecule has 14 heavy (non-hydrogen) atoms. The van der Waals surface area contributed by atoms with Gasteiger partial charge in [0.2, 0.25) is 0 Å². The van der Waals surface area contributed by atoms with E-state index in [-0.39, 0.29) is 6.42 Å². The third-order valence-corrected chi connectivity index (χ3v) is 1.94. The SMILES string of the molecule is O=C(O)C/C=C\Cc1cccc(Cl)c1. The summed E-state index contributed by atoms with van der Waals surface area (Å²) in [5.41, 5.74) is 1.08. The minimum absolute atomic E-state index is 0.0700. The second-order valence-electron chi connectivity index (χ2n) is 2.90. The molecular formula is C11H11ClO2. The molecule has 2 nitrogen and oxygen atoms in total. The Bertz CT molecular complexity index is 345. The zero-order valence-corrected chi connectivity index (χ0v) is 8.37. The van der Waals surface area contributed by atoms with E-state index in [0.717, 1.165) is 5.56 Å². The lowest BCUT2D eigenvalue weighted by molar-refractivity contribution is -0.136. The van der Waals surface area contributed by atoms with E-state index in [4.69, 9.17) is 16.7 Å². The second kappa shape index (κ2) is 5.45. The van der Waals surface area contributed by atoms with Gasteiger partial charge < -0.3 is 5.11 Å². The van der Waals surface area contributed by atoms with Crippen LogP contribution in [0, 0.1) is 0 Å². The average molecular weight is 211 g/mol. The highest BCUT2D eigenvalue weighted by atomic mass is 35.5. The number of carbonyl (C=O) groups is 1. The van der Waals surface area contributed by atoms with E-state index in [0.29, 0.717) is 11.4 Å². The van der Waals surface area contributed by atoms with Gasteiger partial charge in [0.15, 0.2) is 0 Å². The number of carboxylic acids is 1. The molecule has 0 aliphatic carbocycles. The van der Waals surface area contributed by atoms with Gasteiger partial charge in [0, 0.05) is 5.02 Å². The van der Waals surface area contributed by atoms with Gasteiger partial charge in [-0.15, -0.1) is 0 Å². The summed E-state index contributed by atoms with van der Waals surface area (Å²) >= 11 is 5.79. The van der Waals surface area contributed by atoms with Gasteiger partial charge in [-0.25, -0.2) is 0 Å². The lowest BCUT2D eigenvalue weighted by Gasteiger charge is -1.96. The van der Waals surface area contributed by atoms with Crippen LogP contribution < -0.4 is 0 Å². The topological polar surface area (TPSA) is 37.3 Å². The van der Waals surface area contributed by atoms with E-state index in [9.17, 15) is 4.79 Å². The maximum atomic E-state index is 10.2. The molecule has 0 aromatic heterocycles. The van der Waals surface area contributed by atoms with Crippen molar-refractivity contribution in [3.63, 3.8) is 0 Å². The summed E-state index contributed by atoms with van der Waals surface area (Å²) in [6, 6.07) is 7.51. The standard InChI is InChI=1S/C11H11ClO2/c12-10-6-3-5-9(8-10)4-1-2-7-11(13)14/h1-3,5-6,8H,4,7H2,(H,13,14)/b2-1-. The fourth-order valence-corrected chi connectivity index (χ4v) is 1.28. The van der Waals surface area contributed by atoms with Crippen molar-refractivity contribution >= 4 is 17.6 Å². The van der Waals surface area contributed by atoms with Crippen molar-refractivity contribution < 1.29 is 9.90 Å². The lowest BCUT2D eigenvalue weighted by Crippen LogP contribution is -1.90. The molecule has 74 valence electrons. The monoisotopic (exact) mass is 210 g/mol. The van der Waals surface area contributed by atoms with Crippen molar-refractivity contribution in [2.75, 3.05) is 0 Å². The molecule has 0 amide bonds. The van der Waals surface area contributed by atoms with E-state index < -0.39 is 5.97 Å². The summed E-state index contributed by atoms with van der Waals surface area (Å²) in [6.45, 7) is 0. The van der Waals surface area contributed by atoms with Gasteiger partial charge in [-0.1, -0.05) is 35.9 Å². The molecule has 0 bridgehead atoms. The first-order valence-electron chi connectivity index (χ1n) is 4.30. The zero-order valence-electron chi connectivity index (χ0n) is 7.61. The van der Waals surface area contributed by atoms with Crippen molar-refractivity contribution in [2.24, 2.45) is 0 Å². The molecule has 0 heterocycles. The van der Waals surface area contributed by atoms with Crippen LogP contribution in [0.5, 0.6) is 0 Å².